The summed E-state index contributed by atoms with van der Waals surface area (Å²) in [6.45, 7) is 10.2. The molecule has 0 saturated heterocycles. The molecule has 0 aromatic carbocycles. The van der Waals surface area contributed by atoms with Crippen molar-refractivity contribution in [2.45, 2.75) is 46.6 Å². The summed E-state index contributed by atoms with van der Waals surface area (Å²) in [5.41, 5.74) is 0.375. The first kappa shape index (κ1) is 12.7. The minimum atomic E-state index is 0.375. The molecule has 0 bridgehead atoms. The van der Waals surface area contributed by atoms with Crippen LogP contribution in [-0.4, -0.2) is 12.6 Å². The van der Waals surface area contributed by atoms with E-state index in [1.54, 1.807) is 0 Å². The topological polar surface area (TPSA) is 12.0 Å². The summed E-state index contributed by atoms with van der Waals surface area (Å²) in [5.74, 6) is 0. The summed E-state index contributed by atoms with van der Waals surface area (Å²) < 4.78 is 0. The van der Waals surface area contributed by atoms with Gasteiger partial charge in [-0.1, -0.05) is 33.8 Å². The highest BCUT2D eigenvalue weighted by Gasteiger charge is 2.27. The lowest BCUT2D eigenvalue weighted by Gasteiger charge is -2.34. The first-order valence-corrected chi connectivity index (χ1v) is 6.74. The molecule has 0 saturated carbocycles. The molecule has 1 aromatic rings. The van der Waals surface area contributed by atoms with Crippen LogP contribution in [0.1, 0.15) is 39.0 Å². The third-order valence-corrected chi connectivity index (χ3v) is 4.19. The second-order valence-electron chi connectivity index (χ2n) is 4.74. The Morgan fingerprint density at radius 3 is 2.60 bits per heavy atom. The average Bonchev–Trinajstić information content (AvgIpc) is 2.70. The highest BCUT2D eigenvalue weighted by atomic mass is 32.1. The summed E-state index contributed by atoms with van der Waals surface area (Å²) in [7, 11) is 0. The first-order valence-electron chi connectivity index (χ1n) is 5.86. The average molecular weight is 225 g/mol. The second kappa shape index (κ2) is 5.66. The third-order valence-electron chi connectivity index (χ3n) is 3.29. The molecular weight excluding hydrogens is 202 g/mol. The zero-order valence-corrected chi connectivity index (χ0v) is 11.2. The van der Waals surface area contributed by atoms with Crippen molar-refractivity contribution in [3.63, 3.8) is 0 Å². The number of nitrogens with one attached hydrogen (secondary N) is 1. The predicted octanol–water partition coefficient (Wildman–Crippen LogP) is 3.70. The summed E-state index contributed by atoms with van der Waals surface area (Å²) in [4.78, 5) is 1.49. The molecule has 1 rings (SSSR count). The highest BCUT2D eigenvalue weighted by Crippen LogP contribution is 2.28. The second-order valence-corrected chi connectivity index (χ2v) is 5.77. The van der Waals surface area contributed by atoms with Crippen LogP contribution in [-0.2, 0) is 6.42 Å². The van der Waals surface area contributed by atoms with Crippen molar-refractivity contribution in [2.75, 3.05) is 6.54 Å². The molecule has 1 unspecified atom stereocenters. The molecule has 1 heterocycles. The van der Waals surface area contributed by atoms with Crippen LogP contribution in [0.15, 0.2) is 17.5 Å². The Morgan fingerprint density at radius 2 is 2.13 bits per heavy atom. The Morgan fingerprint density at radius 1 is 1.40 bits per heavy atom. The third kappa shape index (κ3) is 3.62. The number of thiophene rings is 1. The molecule has 2 heteroatoms. The highest BCUT2D eigenvalue weighted by molar-refractivity contribution is 7.09. The van der Waals surface area contributed by atoms with Gasteiger partial charge in [0, 0.05) is 10.9 Å². The quantitative estimate of drug-likeness (QED) is 0.778. The predicted molar refractivity (Wildman–Crippen MR) is 69.6 cm³/mol. The smallest absolute Gasteiger partial charge is 0.0166 e. The van der Waals surface area contributed by atoms with Gasteiger partial charge in [-0.3, -0.25) is 0 Å². The van der Waals surface area contributed by atoms with Gasteiger partial charge in [0.2, 0.25) is 0 Å². The zero-order chi connectivity index (χ0) is 11.3. The van der Waals surface area contributed by atoms with Gasteiger partial charge in [-0.15, -0.1) is 11.3 Å². The molecule has 1 atom stereocenters. The number of hydrogen-bond donors (Lipinski definition) is 1. The van der Waals surface area contributed by atoms with E-state index in [0.29, 0.717) is 11.5 Å². The molecule has 1 nitrogen and oxygen atoms in total. The van der Waals surface area contributed by atoms with Crippen molar-refractivity contribution in [3.05, 3.63) is 22.4 Å². The van der Waals surface area contributed by atoms with Gasteiger partial charge in [0.25, 0.3) is 0 Å². The molecule has 1 N–H and O–H groups in total. The van der Waals surface area contributed by atoms with E-state index in [9.17, 15) is 0 Å². The molecule has 0 fully saturated rings. The zero-order valence-electron chi connectivity index (χ0n) is 10.3. The lowest BCUT2D eigenvalue weighted by molar-refractivity contribution is 0.233. The van der Waals surface area contributed by atoms with Crippen molar-refractivity contribution in [1.29, 1.82) is 0 Å². The van der Waals surface area contributed by atoms with E-state index in [4.69, 9.17) is 0 Å². The maximum Gasteiger partial charge on any atom is 0.0166 e. The minimum absolute atomic E-state index is 0.375. The Balaban J connectivity index is 2.66. The maximum absolute atomic E-state index is 3.62. The fourth-order valence-corrected chi connectivity index (χ4v) is 2.50. The van der Waals surface area contributed by atoms with Crippen molar-refractivity contribution in [3.8, 4) is 0 Å². The van der Waals surface area contributed by atoms with Gasteiger partial charge in [0.1, 0.15) is 0 Å². The molecule has 0 radical (unpaired) electrons. The Kier molecular flexibility index (Phi) is 4.81. The molecular formula is C13H23NS. The molecule has 15 heavy (non-hydrogen) atoms. The van der Waals surface area contributed by atoms with Gasteiger partial charge >= 0.3 is 0 Å². The van der Waals surface area contributed by atoms with Crippen LogP contribution in [0.3, 0.4) is 0 Å². The first-order chi connectivity index (χ1) is 7.10. The van der Waals surface area contributed by atoms with Crippen LogP contribution < -0.4 is 5.32 Å². The van der Waals surface area contributed by atoms with Crippen LogP contribution in [0.5, 0.6) is 0 Å². The molecule has 0 spiro atoms. The van der Waals surface area contributed by atoms with Crippen LogP contribution in [0, 0.1) is 5.41 Å². The number of rotatable bonds is 6. The minimum Gasteiger partial charge on any atom is -0.313 e. The summed E-state index contributed by atoms with van der Waals surface area (Å²) in [6.07, 6.45) is 2.38. The maximum atomic E-state index is 3.62. The van der Waals surface area contributed by atoms with E-state index in [-0.39, 0.29) is 0 Å². The molecule has 0 aliphatic rings. The van der Waals surface area contributed by atoms with E-state index in [1.807, 2.05) is 11.3 Å². The summed E-state index contributed by atoms with van der Waals surface area (Å²) in [6, 6.07) is 4.97. The Hall–Kier alpha value is -0.340. The van der Waals surface area contributed by atoms with Crippen molar-refractivity contribution < 1.29 is 0 Å². The van der Waals surface area contributed by atoms with Crippen LogP contribution in [0.2, 0.25) is 0 Å². The molecule has 0 aliphatic carbocycles. The fraction of sp³-hybridized carbons (Fsp3) is 0.692. The van der Waals surface area contributed by atoms with Gasteiger partial charge in [-0.25, -0.2) is 0 Å². The van der Waals surface area contributed by atoms with Crippen molar-refractivity contribution >= 4 is 11.3 Å². The lowest BCUT2D eigenvalue weighted by Crippen LogP contribution is -2.43. The summed E-state index contributed by atoms with van der Waals surface area (Å²) >= 11 is 1.86. The van der Waals surface area contributed by atoms with Gasteiger partial charge < -0.3 is 5.32 Å². The summed E-state index contributed by atoms with van der Waals surface area (Å²) in [5, 5.41) is 5.78. The lowest BCUT2D eigenvalue weighted by atomic mass is 9.80. The normalized spacial score (nSPS) is 14.1. The van der Waals surface area contributed by atoms with Crippen LogP contribution in [0.4, 0.5) is 0 Å². The molecule has 1 aromatic heterocycles. The van der Waals surface area contributed by atoms with E-state index >= 15 is 0 Å². The van der Waals surface area contributed by atoms with Gasteiger partial charge in [-0.2, -0.15) is 0 Å². The molecule has 86 valence electrons. The monoisotopic (exact) mass is 225 g/mol. The molecule has 0 aliphatic heterocycles. The van der Waals surface area contributed by atoms with E-state index in [0.717, 1.165) is 13.0 Å². The SMILES string of the molecule is CCNC(Cc1cccs1)C(C)(C)CC. The van der Waals surface area contributed by atoms with Crippen LogP contribution in [0.25, 0.3) is 0 Å². The largest absolute Gasteiger partial charge is 0.313 e. The van der Waals surface area contributed by atoms with E-state index < -0.39 is 0 Å². The van der Waals surface area contributed by atoms with Gasteiger partial charge in [0.15, 0.2) is 0 Å². The van der Waals surface area contributed by atoms with Crippen molar-refractivity contribution in [2.24, 2.45) is 5.41 Å². The van der Waals surface area contributed by atoms with E-state index in [2.05, 4.69) is 50.5 Å². The number of likely N-dealkylation sites (N-methyl/N-ethyl adjacent to an activating group) is 1. The van der Waals surface area contributed by atoms with Gasteiger partial charge in [0.05, 0.1) is 0 Å². The van der Waals surface area contributed by atoms with Crippen LogP contribution >= 0.6 is 11.3 Å². The Labute approximate surface area is 97.9 Å². The van der Waals surface area contributed by atoms with Gasteiger partial charge in [-0.05, 0) is 36.2 Å². The molecule has 0 amide bonds. The van der Waals surface area contributed by atoms with Crippen molar-refractivity contribution in [1.82, 2.24) is 5.32 Å². The fourth-order valence-electron chi connectivity index (χ4n) is 1.75. The number of hydrogen-bond acceptors (Lipinski definition) is 2. The standard InChI is InChI=1S/C13H23NS/c1-5-13(3,4)12(14-6-2)10-11-8-7-9-15-11/h7-9,12,14H,5-6,10H2,1-4H3. The van der Waals surface area contributed by atoms with E-state index in [1.165, 1.54) is 11.3 Å². The Bertz CT molecular complexity index is 264.